The number of nitrogens with two attached hydrogens (primary N) is 1. The summed E-state index contributed by atoms with van der Waals surface area (Å²) in [6, 6.07) is 3.55. The van der Waals surface area contributed by atoms with Crippen LogP contribution in [0.1, 0.15) is 37.7 Å². The molecule has 1 fully saturated rings. The summed E-state index contributed by atoms with van der Waals surface area (Å²) in [7, 11) is 0. The molecular weight excluding hydrogens is 322 g/mol. The molecule has 0 radical (unpaired) electrons. The Kier molecular flexibility index (Phi) is 3.72. The molecule has 1 aliphatic carbocycles. The second kappa shape index (κ2) is 5.92. The molecule has 0 aliphatic heterocycles. The molecular formula is C16H19N7O2. The molecule has 130 valence electrons. The van der Waals surface area contributed by atoms with Crippen LogP contribution in [0.2, 0.25) is 0 Å². The van der Waals surface area contributed by atoms with Gasteiger partial charge in [-0.25, -0.2) is 4.68 Å². The van der Waals surface area contributed by atoms with Crippen LogP contribution >= 0.6 is 0 Å². The molecule has 3 heterocycles. The van der Waals surface area contributed by atoms with E-state index >= 15 is 0 Å². The fourth-order valence-electron chi connectivity index (χ4n) is 2.82. The maximum atomic E-state index is 6.25. The smallest absolute Gasteiger partial charge is 0.261 e. The lowest BCUT2D eigenvalue weighted by Gasteiger charge is -2.34. The van der Waals surface area contributed by atoms with Gasteiger partial charge in [0, 0.05) is 6.07 Å². The van der Waals surface area contributed by atoms with Gasteiger partial charge in [-0.2, -0.15) is 10.1 Å². The highest BCUT2D eigenvalue weighted by atomic mass is 16.5. The molecule has 4 rings (SSSR count). The van der Waals surface area contributed by atoms with Crippen LogP contribution in [0.3, 0.4) is 0 Å². The van der Waals surface area contributed by atoms with Gasteiger partial charge in [-0.1, -0.05) is 5.16 Å². The SMILES string of the molecule is CCOc1ccc(-n2ncc(-c3nc(C4(N)CCC4)no3)c2C)nn1. The molecule has 1 aliphatic rings. The molecule has 0 atom stereocenters. The summed E-state index contributed by atoms with van der Waals surface area (Å²) in [6.45, 7) is 4.35. The number of hydrogen-bond donors (Lipinski definition) is 1. The van der Waals surface area contributed by atoms with Crippen molar-refractivity contribution in [3.8, 4) is 23.2 Å². The number of nitrogens with zero attached hydrogens (tertiary/aromatic N) is 6. The third kappa shape index (κ3) is 2.66. The van der Waals surface area contributed by atoms with Crippen molar-refractivity contribution < 1.29 is 9.26 Å². The highest BCUT2D eigenvalue weighted by Crippen LogP contribution is 2.37. The molecule has 0 amide bonds. The lowest BCUT2D eigenvalue weighted by atomic mass is 9.77. The summed E-state index contributed by atoms with van der Waals surface area (Å²) >= 11 is 0. The molecule has 3 aromatic rings. The summed E-state index contributed by atoms with van der Waals surface area (Å²) in [5, 5.41) is 16.6. The molecule has 0 aromatic carbocycles. The van der Waals surface area contributed by atoms with Crippen molar-refractivity contribution in [1.29, 1.82) is 0 Å². The van der Waals surface area contributed by atoms with Crippen LogP contribution in [0.4, 0.5) is 0 Å². The maximum Gasteiger partial charge on any atom is 0.261 e. The van der Waals surface area contributed by atoms with E-state index in [9.17, 15) is 0 Å². The van der Waals surface area contributed by atoms with Gasteiger partial charge in [0.05, 0.1) is 29.6 Å². The zero-order valence-electron chi connectivity index (χ0n) is 14.1. The van der Waals surface area contributed by atoms with Crippen LogP contribution in [0.5, 0.6) is 5.88 Å². The van der Waals surface area contributed by atoms with Gasteiger partial charge in [0.1, 0.15) is 0 Å². The number of ether oxygens (including phenoxy) is 1. The Morgan fingerprint density at radius 2 is 2.16 bits per heavy atom. The van der Waals surface area contributed by atoms with Crippen molar-refractivity contribution in [3.05, 3.63) is 29.8 Å². The van der Waals surface area contributed by atoms with E-state index in [1.165, 1.54) is 0 Å². The predicted molar refractivity (Wildman–Crippen MR) is 88.1 cm³/mol. The summed E-state index contributed by atoms with van der Waals surface area (Å²) < 4.78 is 12.4. The van der Waals surface area contributed by atoms with Crippen molar-refractivity contribution in [2.45, 2.75) is 38.6 Å². The monoisotopic (exact) mass is 341 g/mol. The summed E-state index contributed by atoms with van der Waals surface area (Å²) in [5.41, 5.74) is 7.38. The molecule has 0 saturated heterocycles. The third-order valence-electron chi connectivity index (χ3n) is 4.49. The third-order valence-corrected chi connectivity index (χ3v) is 4.49. The van der Waals surface area contributed by atoms with E-state index in [1.807, 2.05) is 13.8 Å². The largest absolute Gasteiger partial charge is 0.477 e. The van der Waals surface area contributed by atoms with Crippen molar-refractivity contribution in [3.63, 3.8) is 0 Å². The topological polar surface area (TPSA) is 118 Å². The number of hydrogen-bond acceptors (Lipinski definition) is 8. The quantitative estimate of drug-likeness (QED) is 0.746. The molecule has 1 saturated carbocycles. The fourth-order valence-corrected chi connectivity index (χ4v) is 2.82. The second-order valence-electron chi connectivity index (χ2n) is 6.15. The first-order valence-corrected chi connectivity index (χ1v) is 8.26. The lowest BCUT2D eigenvalue weighted by molar-refractivity contribution is 0.229. The first-order valence-electron chi connectivity index (χ1n) is 8.26. The maximum absolute atomic E-state index is 6.25. The summed E-state index contributed by atoms with van der Waals surface area (Å²) in [5.74, 6) is 2.03. The normalized spacial score (nSPS) is 15.8. The lowest BCUT2D eigenvalue weighted by Crippen LogP contribution is -2.44. The molecule has 9 heteroatoms. The van der Waals surface area contributed by atoms with Crippen molar-refractivity contribution in [1.82, 2.24) is 30.1 Å². The molecule has 0 bridgehead atoms. The van der Waals surface area contributed by atoms with Crippen LogP contribution in [-0.2, 0) is 5.54 Å². The fraction of sp³-hybridized carbons (Fsp3) is 0.438. The Hall–Kier alpha value is -2.81. The highest BCUT2D eigenvalue weighted by molar-refractivity contribution is 5.56. The average molecular weight is 341 g/mol. The Morgan fingerprint density at radius 1 is 1.32 bits per heavy atom. The molecule has 2 N–H and O–H groups in total. The van der Waals surface area contributed by atoms with Crippen molar-refractivity contribution >= 4 is 0 Å². The first-order chi connectivity index (χ1) is 12.1. The van der Waals surface area contributed by atoms with Crippen LogP contribution < -0.4 is 10.5 Å². The van der Waals surface area contributed by atoms with Crippen molar-refractivity contribution in [2.75, 3.05) is 6.61 Å². The van der Waals surface area contributed by atoms with Gasteiger partial charge < -0.3 is 15.0 Å². The summed E-state index contributed by atoms with van der Waals surface area (Å²) in [4.78, 5) is 4.47. The number of aromatic nitrogens is 6. The van der Waals surface area contributed by atoms with Gasteiger partial charge >= 0.3 is 0 Å². The standard InChI is InChI=1S/C16H19N7O2/c1-3-24-13-6-5-12(20-21-13)23-10(2)11(9-18-23)14-19-15(22-25-14)16(17)7-4-8-16/h5-6,9H,3-4,7-8,17H2,1-2H3. The van der Waals surface area contributed by atoms with Crippen LogP contribution in [0, 0.1) is 6.92 Å². The zero-order valence-corrected chi connectivity index (χ0v) is 14.1. The van der Waals surface area contributed by atoms with Crippen LogP contribution in [-0.4, -0.2) is 36.7 Å². The average Bonchev–Trinajstić information content (AvgIpc) is 3.21. The van der Waals surface area contributed by atoms with Gasteiger partial charge in [-0.15, -0.1) is 10.2 Å². The van der Waals surface area contributed by atoms with Gasteiger partial charge in [0.15, 0.2) is 11.6 Å². The molecule has 0 spiro atoms. The minimum atomic E-state index is -0.452. The first kappa shape index (κ1) is 15.7. The van der Waals surface area contributed by atoms with Gasteiger partial charge in [0.25, 0.3) is 5.89 Å². The number of rotatable bonds is 5. The highest BCUT2D eigenvalue weighted by Gasteiger charge is 2.39. The Morgan fingerprint density at radius 3 is 2.80 bits per heavy atom. The second-order valence-corrected chi connectivity index (χ2v) is 6.15. The Labute approximate surface area is 144 Å². The van der Waals surface area contributed by atoms with Crippen LogP contribution in [0.15, 0.2) is 22.9 Å². The summed E-state index contributed by atoms with van der Waals surface area (Å²) in [6.07, 6.45) is 4.53. The van der Waals surface area contributed by atoms with Gasteiger partial charge in [-0.05, 0) is 39.2 Å². The minimum Gasteiger partial charge on any atom is -0.477 e. The molecule has 3 aromatic heterocycles. The van der Waals surface area contributed by atoms with E-state index in [-0.39, 0.29) is 0 Å². The molecule has 0 unspecified atom stereocenters. The van der Waals surface area contributed by atoms with Gasteiger partial charge in [-0.3, -0.25) is 0 Å². The zero-order chi connectivity index (χ0) is 17.4. The van der Waals surface area contributed by atoms with E-state index in [0.717, 1.165) is 30.5 Å². The minimum absolute atomic E-state index is 0.411. The van der Waals surface area contributed by atoms with E-state index in [0.29, 0.717) is 30.0 Å². The van der Waals surface area contributed by atoms with E-state index in [4.69, 9.17) is 15.0 Å². The van der Waals surface area contributed by atoms with Gasteiger partial charge in [0.2, 0.25) is 5.88 Å². The Bertz CT molecular complexity index is 880. The predicted octanol–water partition coefficient (Wildman–Crippen LogP) is 1.76. The molecule has 25 heavy (non-hydrogen) atoms. The van der Waals surface area contributed by atoms with Crippen LogP contribution in [0.25, 0.3) is 17.3 Å². The Balaban J connectivity index is 1.63. The van der Waals surface area contributed by atoms with E-state index in [2.05, 4.69) is 25.4 Å². The van der Waals surface area contributed by atoms with Crippen molar-refractivity contribution in [2.24, 2.45) is 5.73 Å². The van der Waals surface area contributed by atoms with E-state index < -0.39 is 5.54 Å². The van der Waals surface area contributed by atoms with E-state index in [1.54, 1.807) is 23.0 Å². The molecule has 9 nitrogen and oxygen atoms in total.